The van der Waals surface area contributed by atoms with E-state index in [2.05, 4.69) is 17.2 Å². The van der Waals surface area contributed by atoms with Crippen LogP contribution in [0.5, 0.6) is 0 Å². The lowest BCUT2D eigenvalue weighted by atomic mass is 10.0. The van der Waals surface area contributed by atoms with Crippen molar-refractivity contribution in [3.63, 3.8) is 0 Å². The fourth-order valence-corrected chi connectivity index (χ4v) is 3.36. The lowest BCUT2D eigenvalue weighted by Gasteiger charge is -2.36. The van der Waals surface area contributed by atoms with Gasteiger partial charge >= 0.3 is 0 Å². The van der Waals surface area contributed by atoms with Gasteiger partial charge in [-0.05, 0) is 5.56 Å². The van der Waals surface area contributed by atoms with Gasteiger partial charge in [0.15, 0.2) is 0 Å². The Labute approximate surface area is 112 Å². The molecule has 1 fully saturated rings. The Kier molecular flexibility index (Phi) is 4.63. The number of carbonyl (C=O) groups is 1. The zero-order chi connectivity index (χ0) is 13.0. The Morgan fingerprint density at radius 3 is 2.83 bits per heavy atom. The second kappa shape index (κ2) is 6.22. The molecule has 3 N–H and O–H groups in total. The van der Waals surface area contributed by atoms with Crippen molar-refractivity contribution in [2.75, 3.05) is 18.8 Å². The van der Waals surface area contributed by atoms with Crippen LogP contribution in [0.15, 0.2) is 30.3 Å². The molecule has 1 amide bonds. The predicted octanol–water partition coefficient (Wildman–Crippen LogP) is 1.15. The highest BCUT2D eigenvalue weighted by Crippen LogP contribution is 2.27. The van der Waals surface area contributed by atoms with Gasteiger partial charge in [-0.15, -0.1) is 0 Å². The van der Waals surface area contributed by atoms with E-state index in [0.29, 0.717) is 5.25 Å². The third-order valence-electron chi connectivity index (χ3n) is 3.14. The largest absolute Gasteiger partial charge is 0.293 e. The molecule has 1 heterocycles. The molecule has 1 aromatic carbocycles. The molecule has 0 spiro atoms. The molecule has 4 nitrogen and oxygen atoms in total. The van der Waals surface area contributed by atoms with E-state index in [-0.39, 0.29) is 11.9 Å². The van der Waals surface area contributed by atoms with Crippen LogP contribution in [0, 0.1) is 0 Å². The quantitative estimate of drug-likeness (QED) is 0.489. The van der Waals surface area contributed by atoms with Gasteiger partial charge in [-0.25, -0.2) is 5.84 Å². The number of benzene rings is 1. The zero-order valence-corrected chi connectivity index (χ0v) is 11.3. The van der Waals surface area contributed by atoms with Crippen LogP contribution in [0.1, 0.15) is 18.5 Å². The molecule has 2 atom stereocenters. The minimum atomic E-state index is -0.278. The lowest BCUT2D eigenvalue weighted by molar-refractivity contribution is -0.126. The maximum Gasteiger partial charge on any atom is 0.255 e. The van der Waals surface area contributed by atoms with Crippen molar-refractivity contribution in [2.45, 2.75) is 18.2 Å². The highest BCUT2D eigenvalue weighted by Gasteiger charge is 2.30. The number of amides is 1. The fourth-order valence-electron chi connectivity index (χ4n) is 2.32. The standard InChI is InChI=1S/C13H19N3OS/c1-10-9-16(7-8-18-10)12(13(17)15-14)11-5-3-2-4-6-11/h2-6,10,12H,7-9,14H2,1H3,(H,15,17). The van der Waals surface area contributed by atoms with E-state index >= 15 is 0 Å². The van der Waals surface area contributed by atoms with E-state index in [9.17, 15) is 4.79 Å². The average Bonchev–Trinajstić information content (AvgIpc) is 2.40. The Bertz CT molecular complexity index is 398. The molecule has 1 saturated heterocycles. The molecule has 98 valence electrons. The number of nitrogens with two attached hydrogens (primary N) is 1. The average molecular weight is 265 g/mol. The summed E-state index contributed by atoms with van der Waals surface area (Å²) in [6.45, 7) is 4.03. The van der Waals surface area contributed by atoms with Crippen LogP contribution >= 0.6 is 11.8 Å². The Balaban J connectivity index is 2.22. The normalized spacial score (nSPS) is 22.4. The third kappa shape index (κ3) is 3.04. The molecule has 5 heteroatoms. The summed E-state index contributed by atoms with van der Waals surface area (Å²) in [5.41, 5.74) is 3.29. The van der Waals surface area contributed by atoms with Crippen LogP contribution < -0.4 is 11.3 Å². The molecule has 1 aliphatic heterocycles. The number of carbonyl (C=O) groups excluding carboxylic acids is 1. The Morgan fingerprint density at radius 1 is 1.50 bits per heavy atom. The van der Waals surface area contributed by atoms with Crippen molar-refractivity contribution in [2.24, 2.45) is 5.84 Å². The van der Waals surface area contributed by atoms with Gasteiger partial charge in [-0.1, -0.05) is 37.3 Å². The van der Waals surface area contributed by atoms with Crippen LogP contribution in [-0.2, 0) is 4.79 Å². The fraction of sp³-hybridized carbons (Fsp3) is 0.462. The van der Waals surface area contributed by atoms with Crippen LogP contribution in [-0.4, -0.2) is 34.9 Å². The summed E-state index contributed by atoms with van der Waals surface area (Å²) in [5, 5.41) is 0.551. The molecule has 0 saturated carbocycles. The van der Waals surface area contributed by atoms with Crippen molar-refractivity contribution >= 4 is 17.7 Å². The molecule has 0 bridgehead atoms. The predicted molar refractivity (Wildman–Crippen MR) is 75.0 cm³/mol. The molecule has 2 unspecified atom stereocenters. The molecule has 0 radical (unpaired) electrons. The molecule has 0 aromatic heterocycles. The van der Waals surface area contributed by atoms with Crippen molar-refractivity contribution in [1.82, 2.24) is 10.3 Å². The first-order valence-electron chi connectivity index (χ1n) is 6.13. The molecule has 1 aromatic rings. The van der Waals surface area contributed by atoms with E-state index in [1.807, 2.05) is 42.1 Å². The SMILES string of the molecule is CC1CN(C(C(=O)NN)c2ccccc2)CCS1. The minimum absolute atomic E-state index is 0.139. The van der Waals surface area contributed by atoms with Gasteiger partial charge in [0, 0.05) is 24.1 Å². The first kappa shape index (κ1) is 13.4. The number of hydrogen-bond acceptors (Lipinski definition) is 4. The highest BCUT2D eigenvalue weighted by molar-refractivity contribution is 7.99. The van der Waals surface area contributed by atoms with Crippen molar-refractivity contribution in [3.05, 3.63) is 35.9 Å². The van der Waals surface area contributed by atoms with Gasteiger partial charge in [-0.2, -0.15) is 11.8 Å². The second-order valence-electron chi connectivity index (χ2n) is 4.50. The summed E-state index contributed by atoms with van der Waals surface area (Å²) in [4.78, 5) is 14.2. The lowest BCUT2D eigenvalue weighted by Crippen LogP contribution is -2.47. The Morgan fingerprint density at radius 2 is 2.22 bits per heavy atom. The van der Waals surface area contributed by atoms with Crippen LogP contribution in [0.25, 0.3) is 0 Å². The summed E-state index contributed by atoms with van der Waals surface area (Å²) in [7, 11) is 0. The van der Waals surface area contributed by atoms with Crippen LogP contribution in [0.2, 0.25) is 0 Å². The number of rotatable bonds is 3. The number of nitrogens with one attached hydrogen (secondary N) is 1. The smallest absolute Gasteiger partial charge is 0.255 e. The third-order valence-corrected chi connectivity index (χ3v) is 4.28. The van der Waals surface area contributed by atoms with Gasteiger partial charge in [0.05, 0.1) is 0 Å². The van der Waals surface area contributed by atoms with Crippen molar-refractivity contribution < 1.29 is 4.79 Å². The minimum Gasteiger partial charge on any atom is -0.293 e. The van der Waals surface area contributed by atoms with Gasteiger partial charge in [0.2, 0.25) is 0 Å². The number of hydrogen-bond donors (Lipinski definition) is 2. The maximum absolute atomic E-state index is 12.0. The zero-order valence-electron chi connectivity index (χ0n) is 10.5. The van der Waals surface area contributed by atoms with E-state index in [0.717, 1.165) is 24.4 Å². The summed E-state index contributed by atoms with van der Waals surface area (Å²) in [6, 6.07) is 9.54. The molecular formula is C13H19N3OS. The van der Waals surface area contributed by atoms with Crippen molar-refractivity contribution in [3.8, 4) is 0 Å². The van der Waals surface area contributed by atoms with Gasteiger partial charge < -0.3 is 0 Å². The monoisotopic (exact) mass is 265 g/mol. The summed E-state index contributed by atoms with van der Waals surface area (Å²) < 4.78 is 0. The second-order valence-corrected chi connectivity index (χ2v) is 6.04. The molecule has 0 aliphatic carbocycles. The van der Waals surface area contributed by atoms with E-state index in [1.165, 1.54) is 0 Å². The summed E-state index contributed by atoms with van der Waals surface area (Å²) in [6.07, 6.45) is 0. The highest BCUT2D eigenvalue weighted by atomic mass is 32.2. The summed E-state index contributed by atoms with van der Waals surface area (Å²) >= 11 is 1.95. The van der Waals surface area contributed by atoms with E-state index in [4.69, 9.17) is 5.84 Å². The topological polar surface area (TPSA) is 58.4 Å². The molecule has 2 rings (SSSR count). The first-order valence-corrected chi connectivity index (χ1v) is 7.18. The van der Waals surface area contributed by atoms with Crippen LogP contribution in [0.4, 0.5) is 0 Å². The molecule has 18 heavy (non-hydrogen) atoms. The van der Waals surface area contributed by atoms with E-state index in [1.54, 1.807) is 0 Å². The van der Waals surface area contributed by atoms with Gasteiger partial charge in [0.25, 0.3) is 5.91 Å². The van der Waals surface area contributed by atoms with E-state index < -0.39 is 0 Å². The van der Waals surface area contributed by atoms with Crippen molar-refractivity contribution in [1.29, 1.82) is 0 Å². The Hall–Kier alpha value is -1.04. The van der Waals surface area contributed by atoms with Crippen LogP contribution in [0.3, 0.4) is 0 Å². The molecule has 1 aliphatic rings. The summed E-state index contributed by atoms with van der Waals surface area (Å²) in [5.74, 6) is 6.24. The number of nitrogens with zero attached hydrogens (tertiary/aromatic N) is 1. The first-order chi connectivity index (χ1) is 8.72. The molecular weight excluding hydrogens is 246 g/mol. The van der Waals surface area contributed by atoms with Gasteiger partial charge in [0.1, 0.15) is 6.04 Å². The number of hydrazine groups is 1. The maximum atomic E-state index is 12.0. The van der Waals surface area contributed by atoms with Gasteiger partial charge in [-0.3, -0.25) is 15.1 Å². The number of thioether (sulfide) groups is 1.